The van der Waals surface area contributed by atoms with Gasteiger partial charge < -0.3 is 15.0 Å². The number of hydrogen-bond donors (Lipinski definition) is 2. The Morgan fingerprint density at radius 2 is 2.17 bits per heavy atom. The molecular weight excluding hydrogens is 230 g/mol. The monoisotopic (exact) mass is 251 g/mol. The highest BCUT2D eigenvalue weighted by Gasteiger charge is 2.24. The highest BCUT2D eigenvalue weighted by Crippen LogP contribution is 2.27. The maximum atomic E-state index is 5.61. The molecule has 1 unspecified atom stereocenters. The van der Waals surface area contributed by atoms with Gasteiger partial charge >= 0.3 is 0 Å². The summed E-state index contributed by atoms with van der Waals surface area (Å²) in [7, 11) is 2.03. The summed E-state index contributed by atoms with van der Waals surface area (Å²) in [5.41, 5.74) is 0. The number of aromatic amines is 1. The van der Waals surface area contributed by atoms with Crippen LogP contribution in [0, 0.1) is 0 Å². The number of nitrogens with one attached hydrogen (secondary N) is 2. The van der Waals surface area contributed by atoms with E-state index in [0.29, 0.717) is 6.04 Å². The summed E-state index contributed by atoms with van der Waals surface area (Å²) < 4.78 is 5.61. The first-order valence-corrected chi connectivity index (χ1v) is 6.83. The Hall–Kier alpha value is -1.14. The van der Waals surface area contributed by atoms with Gasteiger partial charge in [0.05, 0.1) is 0 Å². The molecule has 0 radical (unpaired) electrons. The SMILES string of the molecule is CNC1CCN(c2n[nH]c(C3CCCO3)n2)CC1. The number of ether oxygens (including phenoxy) is 1. The Bertz CT molecular complexity index is 380. The lowest BCUT2D eigenvalue weighted by molar-refractivity contribution is 0.105. The lowest BCUT2D eigenvalue weighted by Gasteiger charge is -2.30. The zero-order valence-electron chi connectivity index (χ0n) is 10.9. The van der Waals surface area contributed by atoms with Gasteiger partial charge in [-0.2, -0.15) is 4.98 Å². The summed E-state index contributed by atoms with van der Waals surface area (Å²) in [6.07, 6.45) is 4.60. The van der Waals surface area contributed by atoms with Crippen molar-refractivity contribution in [3.8, 4) is 0 Å². The summed E-state index contributed by atoms with van der Waals surface area (Å²) in [6, 6.07) is 0.637. The fraction of sp³-hybridized carbons (Fsp3) is 0.833. The topological polar surface area (TPSA) is 66.1 Å². The highest BCUT2D eigenvalue weighted by molar-refractivity contribution is 5.29. The predicted octanol–water partition coefficient (Wildman–Crippen LogP) is 0.844. The van der Waals surface area contributed by atoms with Crippen molar-refractivity contribution in [1.82, 2.24) is 20.5 Å². The Labute approximate surface area is 107 Å². The van der Waals surface area contributed by atoms with Gasteiger partial charge in [-0.05, 0) is 32.7 Å². The maximum absolute atomic E-state index is 5.61. The van der Waals surface area contributed by atoms with Crippen molar-refractivity contribution in [2.75, 3.05) is 31.6 Å². The minimum atomic E-state index is 0.126. The average Bonchev–Trinajstić information content (AvgIpc) is 3.09. The lowest BCUT2D eigenvalue weighted by Crippen LogP contribution is -2.41. The van der Waals surface area contributed by atoms with Gasteiger partial charge in [-0.1, -0.05) is 0 Å². The van der Waals surface area contributed by atoms with Crippen LogP contribution in [0.1, 0.15) is 37.6 Å². The van der Waals surface area contributed by atoms with Gasteiger partial charge in [-0.25, -0.2) is 0 Å². The predicted molar refractivity (Wildman–Crippen MR) is 68.6 cm³/mol. The molecule has 6 heteroatoms. The third-order valence-electron chi connectivity index (χ3n) is 3.91. The third kappa shape index (κ3) is 2.35. The summed E-state index contributed by atoms with van der Waals surface area (Å²) in [6.45, 7) is 2.89. The molecule has 18 heavy (non-hydrogen) atoms. The number of aromatic nitrogens is 3. The number of hydrogen-bond acceptors (Lipinski definition) is 5. The number of nitrogens with zero attached hydrogens (tertiary/aromatic N) is 3. The van der Waals surface area contributed by atoms with Gasteiger partial charge in [-0.3, -0.25) is 5.10 Å². The van der Waals surface area contributed by atoms with Crippen molar-refractivity contribution >= 4 is 5.95 Å². The van der Waals surface area contributed by atoms with Crippen LogP contribution in [0.3, 0.4) is 0 Å². The maximum Gasteiger partial charge on any atom is 0.244 e. The first kappa shape index (κ1) is 11.9. The molecule has 0 spiro atoms. The van der Waals surface area contributed by atoms with Gasteiger partial charge in [0.25, 0.3) is 0 Å². The van der Waals surface area contributed by atoms with E-state index in [4.69, 9.17) is 4.74 Å². The zero-order chi connectivity index (χ0) is 12.4. The van der Waals surface area contributed by atoms with Gasteiger partial charge in [0.1, 0.15) is 6.10 Å². The van der Waals surface area contributed by atoms with Crippen LogP contribution >= 0.6 is 0 Å². The molecule has 1 aromatic rings. The molecule has 100 valence electrons. The van der Waals surface area contributed by atoms with Crippen LogP contribution in [-0.4, -0.2) is 48.0 Å². The van der Waals surface area contributed by atoms with Crippen LogP contribution < -0.4 is 10.2 Å². The summed E-state index contributed by atoms with van der Waals surface area (Å²) in [5.74, 6) is 1.72. The quantitative estimate of drug-likeness (QED) is 0.833. The van der Waals surface area contributed by atoms with E-state index in [1.807, 2.05) is 7.05 Å². The van der Waals surface area contributed by atoms with Crippen LogP contribution in [0.4, 0.5) is 5.95 Å². The second-order valence-corrected chi connectivity index (χ2v) is 5.07. The first-order chi connectivity index (χ1) is 8.86. The second kappa shape index (κ2) is 5.24. The van der Waals surface area contributed by atoms with E-state index in [1.165, 1.54) is 0 Å². The van der Waals surface area contributed by atoms with E-state index in [-0.39, 0.29) is 6.10 Å². The van der Waals surface area contributed by atoms with Crippen LogP contribution in [0.2, 0.25) is 0 Å². The van der Waals surface area contributed by atoms with Crippen molar-refractivity contribution in [3.63, 3.8) is 0 Å². The van der Waals surface area contributed by atoms with Crippen molar-refractivity contribution in [1.29, 1.82) is 0 Å². The smallest absolute Gasteiger partial charge is 0.244 e. The summed E-state index contributed by atoms with van der Waals surface area (Å²) >= 11 is 0. The average molecular weight is 251 g/mol. The Morgan fingerprint density at radius 3 is 2.83 bits per heavy atom. The largest absolute Gasteiger partial charge is 0.370 e. The van der Waals surface area contributed by atoms with E-state index in [0.717, 1.165) is 57.2 Å². The van der Waals surface area contributed by atoms with Crippen LogP contribution in [0.5, 0.6) is 0 Å². The fourth-order valence-corrected chi connectivity index (χ4v) is 2.71. The minimum Gasteiger partial charge on any atom is -0.370 e. The molecule has 2 saturated heterocycles. The van der Waals surface area contributed by atoms with Crippen LogP contribution in [0.15, 0.2) is 0 Å². The standard InChI is InChI=1S/C12H21N5O/c1-13-9-4-6-17(7-5-9)12-14-11(15-16-12)10-3-2-8-18-10/h9-10,13H,2-8H2,1H3,(H,14,15,16). The van der Waals surface area contributed by atoms with E-state index in [9.17, 15) is 0 Å². The molecule has 1 aromatic heterocycles. The van der Waals surface area contributed by atoms with Crippen LogP contribution in [0.25, 0.3) is 0 Å². The molecule has 2 N–H and O–H groups in total. The third-order valence-corrected chi connectivity index (χ3v) is 3.91. The molecule has 2 aliphatic rings. The lowest BCUT2D eigenvalue weighted by atomic mass is 10.1. The number of piperidine rings is 1. The van der Waals surface area contributed by atoms with E-state index < -0.39 is 0 Å². The van der Waals surface area contributed by atoms with Crippen LogP contribution in [-0.2, 0) is 4.74 Å². The van der Waals surface area contributed by atoms with E-state index in [1.54, 1.807) is 0 Å². The molecule has 0 aromatic carbocycles. The number of anilines is 1. The second-order valence-electron chi connectivity index (χ2n) is 5.07. The van der Waals surface area contributed by atoms with Gasteiger partial charge in [-0.15, -0.1) is 5.10 Å². The Kier molecular flexibility index (Phi) is 3.47. The molecule has 2 fully saturated rings. The summed E-state index contributed by atoms with van der Waals surface area (Å²) in [5, 5.41) is 10.7. The zero-order valence-corrected chi connectivity index (χ0v) is 10.9. The molecule has 3 rings (SSSR count). The van der Waals surface area contributed by atoms with Crippen molar-refractivity contribution in [3.05, 3.63) is 5.82 Å². The van der Waals surface area contributed by atoms with E-state index >= 15 is 0 Å². The van der Waals surface area contributed by atoms with Crippen molar-refractivity contribution < 1.29 is 4.74 Å². The van der Waals surface area contributed by atoms with Crippen molar-refractivity contribution in [2.24, 2.45) is 0 Å². The fourth-order valence-electron chi connectivity index (χ4n) is 2.71. The molecule has 0 aliphatic carbocycles. The highest BCUT2D eigenvalue weighted by atomic mass is 16.5. The molecule has 0 amide bonds. The van der Waals surface area contributed by atoms with Crippen molar-refractivity contribution in [2.45, 2.75) is 37.8 Å². The molecule has 1 atom stereocenters. The van der Waals surface area contributed by atoms with Gasteiger partial charge in [0.15, 0.2) is 5.82 Å². The van der Waals surface area contributed by atoms with Gasteiger partial charge in [0.2, 0.25) is 5.95 Å². The number of H-pyrrole nitrogens is 1. The summed E-state index contributed by atoms with van der Waals surface area (Å²) in [4.78, 5) is 6.83. The molecule has 2 aliphatic heterocycles. The normalized spacial score (nSPS) is 25.8. The molecule has 6 nitrogen and oxygen atoms in total. The molecular formula is C12H21N5O. The van der Waals surface area contributed by atoms with Gasteiger partial charge in [0, 0.05) is 25.7 Å². The van der Waals surface area contributed by atoms with E-state index in [2.05, 4.69) is 25.4 Å². The molecule has 3 heterocycles. The molecule has 0 saturated carbocycles. The Balaban J connectivity index is 1.62. The number of rotatable bonds is 3. The Morgan fingerprint density at radius 1 is 1.33 bits per heavy atom. The molecule has 0 bridgehead atoms. The first-order valence-electron chi connectivity index (χ1n) is 6.83. The minimum absolute atomic E-state index is 0.126.